The Morgan fingerprint density at radius 1 is 0.862 bits per heavy atom. The van der Waals surface area contributed by atoms with Gasteiger partial charge in [0, 0.05) is 18.5 Å². The minimum atomic E-state index is 0.673. The van der Waals surface area contributed by atoms with Crippen molar-refractivity contribution < 1.29 is 0 Å². The van der Waals surface area contributed by atoms with E-state index in [0.29, 0.717) is 12.1 Å². The maximum absolute atomic E-state index is 5.27. The van der Waals surface area contributed by atoms with E-state index >= 15 is 0 Å². The van der Waals surface area contributed by atoms with E-state index in [2.05, 4.69) is 43.1 Å². The molecule has 1 aliphatic heterocycles. The minimum absolute atomic E-state index is 0.673. The second-order valence-corrected chi connectivity index (χ2v) is 10.9. The lowest BCUT2D eigenvalue weighted by atomic mass is 9.79. The fraction of sp³-hybridized carbons (Fsp3) is 0.885. The number of rotatable bonds is 5. The summed E-state index contributed by atoms with van der Waals surface area (Å²) in [4.78, 5) is 2.44. The van der Waals surface area contributed by atoms with Crippen LogP contribution in [0.5, 0.6) is 0 Å². The first-order chi connectivity index (χ1) is 14.1. The van der Waals surface area contributed by atoms with Gasteiger partial charge in [0.25, 0.3) is 0 Å². The maximum Gasteiger partial charge on any atom is 0.0623 e. The van der Waals surface area contributed by atoms with Gasteiger partial charge in [0.1, 0.15) is 0 Å². The number of hydrogen-bond donors (Lipinski definition) is 0. The van der Waals surface area contributed by atoms with Gasteiger partial charge in [-0.15, -0.1) is 0 Å². The van der Waals surface area contributed by atoms with Gasteiger partial charge < -0.3 is 4.90 Å². The molecule has 0 amide bonds. The van der Waals surface area contributed by atoms with Gasteiger partial charge in [-0.3, -0.25) is 5.01 Å². The minimum Gasteiger partial charge on any atom is -0.306 e. The maximum atomic E-state index is 5.27. The zero-order chi connectivity index (χ0) is 20.2. The number of nitrogens with zero attached hydrogens (tertiary/aromatic N) is 3. The summed E-state index contributed by atoms with van der Waals surface area (Å²) in [5.74, 6) is 2.58. The molecule has 3 aliphatic carbocycles. The molecule has 3 fully saturated rings. The molecule has 0 radical (unpaired) electrons. The molecule has 0 aromatic rings. The highest BCUT2D eigenvalue weighted by Crippen LogP contribution is 2.38. The fourth-order valence-corrected chi connectivity index (χ4v) is 6.48. The number of allylic oxidation sites excluding steroid dienone is 2. The first-order valence-corrected chi connectivity index (χ1v) is 12.8. The van der Waals surface area contributed by atoms with Crippen molar-refractivity contribution in [3.63, 3.8) is 0 Å². The molecule has 0 spiro atoms. The van der Waals surface area contributed by atoms with Crippen LogP contribution in [0, 0.1) is 17.8 Å². The molecule has 0 bridgehead atoms. The number of hydrazone groups is 1. The summed E-state index contributed by atoms with van der Waals surface area (Å²) in [6, 6.07) is 2.18. The van der Waals surface area contributed by atoms with Crippen molar-refractivity contribution in [2.24, 2.45) is 22.9 Å². The second kappa shape index (κ2) is 9.98. The highest BCUT2D eigenvalue weighted by atomic mass is 15.5. The normalized spacial score (nSPS) is 37.4. The van der Waals surface area contributed by atoms with Gasteiger partial charge >= 0.3 is 0 Å². The summed E-state index contributed by atoms with van der Waals surface area (Å²) in [6.45, 7) is 2.42. The van der Waals surface area contributed by atoms with E-state index in [1.54, 1.807) is 0 Å². The Bertz CT molecular complexity index is 559. The fourth-order valence-electron chi connectivity index (χ4n) is 6.48. The Morgan fingerprint density at radius 2 is 1.55 bits per heavy atom. The quantitative estimate of drug-likeness (QED) is 0.544. The van der Waals surface area contributed by atoms with Gasteiger partial charge in [-0.05, 0) is 89.3 Å². The zero-order valence-electron chi connectivity index (χ0n) is 19.4. The SMILES string of the molecule is CC1CCC(/C=C/C2=NN(C3CCCCC3)C(C3CCC(N(C)C)CC3)C2)CC1. The van der Waals surface area contributed by atoms with Crippen LogP contribution in [0.25, 0.3) is 0 Å². The van der Waals surface area contributed by atoms with Crippen molar-refractivity contribution in [3.05, 3.63) is 12.2 Å². The highest BCUT2D eigenvalue weighted by molar-refractivity contribution is 5.96. The Hall–Kier alpha value is -0.830. The Balaban J connectivity index is 1.40. The van der Waals surface area contributed by atoms with E-state index in [0.717, 1.165) is 23.8 Å². The van der Waals surface area contributed by atoms with Crippen molar-refractivity contribution in [3.8, 4) is 0 Å². The molecule has 29 heavy (non-hydrogen) atoms. The average molecular weight is 400 g/mol. The molecule has 1 heterocycles. The van der Waals surface area contributed by atoms with Crippen molar-refractivity contribution in [2.75, 3.05) is 14.1 Å². The summed E-state index contributed by atoms with van der Waals surface area (Å²) in [6.07, 6.45) is 24.2. The lowest BCUT2D eigenvalue weighted by molar-refractivity contribution is 0.0640. The lowest BCUT2D eigenvalue weighted by Crippen LogP contribution is -2.44. The van der Waals surface area contributed by atoms with Crippen LogP contribution in [-0.4, -0.2) is 47.8 Å². The van der Waals surface area contributed by atoms with Gasteiger partial charge in [-0.25, -0.2) is 0 Å². The van der Waals surface area contributed by atoms with E-state index in [1.807, 2.05) is 0 Å². The molecule has 3 saturated carbocycles. The molecule has 4 rings (SSSR count). The Kier molecular flexibility index (Phi) is 7.37. The molecule has 0 aromatic carbocycles. The largest absolute Gasteiger partial charge is 0.306 e. The van der Waals surface area contributed by atoms with Gasteiger partial charge in [-0.2, -0.15) is 5.10 Å². The molecule has 0 aromatic heterocycles. The zero-order valence-corrected chi connectivity index (χ0v) is 19.4. The average Bonchev–Trinajstić information content (AvgIpc) is 3.18. The predicted octanol–water partition coefficient (Wildman–Crippen LogP) is 6.25. The van der Waals surface area contributed by atoms with Gasteiger partial charge in [0.15, 0.2) is 0 Å². The van der Waals surface area contributed by atoms with Crippen LogP contribution in [0.15, 0.2) is 17.3 Å². The summed E-state index contributed by atoms with van der Waals surface area (Å²) >= 11 is 0. The van der Waals surface area contributed by atoms with Gasteiger partial charge in [0.05, 0.1) is 11.8 Å². The van der Waals surface area contributed by atoms with Crippen LogP contribution < -0.4 is 0 Å². The molecule has 4 aliphatic rings. The first-order valence-electron chi connectivity index (χ1n) is 12.8. The third-order valence-electron chi connectivity index (χ3n) is 8.59. The topological polar surface area (TPSA) is 18.8 Å². The second-order valence-electron chi connectivity index (χ2n) is 10.9. The van der Waals surface area contributed by atoms with Crippen LogP contribution in [0.2, 0.25) is 0 Å². The van der Waals surface area contributed by atoms with Crippen molar-refractivity contribution >= 4 is 5.71 Å². The molecular weight excluding hydrogens is 354 g/mol. The van der Waals surface area contributed by atoms with Crippen LogP contribution in [0.1, 0.15) is 96.8 Å². The third kappa shape index (κ3) is 5.46. The smallest absolute Gasteiger partial charge is 0.0623 e. The van der Waals surface area contributed by atoms with Gasteiger partial charge in [-0.1, -0.05) is 45.1 Å². The van der Waals surface area contributed by atoms with E-state index < -0.39 is 0 Å². The molecule has 1 unspecified atom stereocenters. The van der Waals surface area contributed by atoms with Crippen molar-refractivity contribution in [2.45, 2.75) is 115 Å². The van der Waals surface area contributed by atoms with Gasteiger partial charge in [0.2, 0.25) is 0 Å². The molecule has 0 N–H and O–H groups in total. The third-order valence-corrected chi connectivity index (χ3v) is 8.59. The summed E-state index contributed by atoms with van der Waals surface area (Å²) < 4.78 is 0. The van der Waals surface area contributed by atoms with Crippen LogP contribution in [0.3, 0.4) is 0 Å². The Morgan fingerprint density at radius 3 is 2.21 bits per heavy atom. The molecule has 164 valence electrons. The number of hydrogen-bond acceptors (Lipinski definition) is 3. The molecule has 0 saturated heterocycles. The summed E-state index contributed by atoms with van der Waals surface area (Å²) in [5, 5.41) is 7.90. The van der Waals surface area contributed by atoms with Crippen molar-refractivity contribution in [1.29, 1.82) is 0 Å². The summed E-state index contributed by atoms with van der Waals surface area (Å²) in [7, 11) is 4.51. The first kappa shape index (κ1) is 21.4. The van der Waals surface area contributed by atoms with Crippen LogP contribution in [0.4, 0.5) is 0 Å². The molecule has 1 atom stereocenters. The van der Waals surface area contributed by atoms with Crippen LogP contribution >= 0.6 is 0 Å². The molecule has 3 nitrogen and oxygen atoms in total. The standard InChI is InChI=1S/C26H45N3/c1-20-9-11-21(12-10-20)13-16-23-19-26(22-14-17-24(18-15-22)28(2)3)29(27-23)25-7-5-4-6-8-25/h13,16,20-22,24-26H,4-12,14-15,17-19H2,1-3H3/b16-13+. The highest BCUT2D eigenvalue weighted by Gasteiger charge is 2.38. The van der Waals surface area contributed by atoms with Crippen LogP contribution in [-0.2, 0) is 0 Å². The lowest BCUT2D eigenvalue weighted by Gasteiger charge is -2.41. The summed E-state index contributed by atoms with van der Waals surface area (Å²) in [5.41, 5.74) is 1.38. The predicted molar refractivity (Wildman–Crippen MR) is 124 cm³/mol. The molecular formula is C26H45N3. The molecule has 3 heteroatoms. The Labute approximate surface area is 180 Å². The van der Waals surface area contributed by atoms with Crippen molar-refractivity contribution in [1.82, 2.24) is 9.91 Å². The monoisotopic (exact) mass is 399 g/mol. The van der Waals surface area contributed by atoms with E-state index in [1.165, 1.54) is 95.6 Å². The van der Waals surface area contributed by atoms with E-state index in [-0.39, 0.29) is 0 Å². The van der Waals surface area contributed by atoms with E-state index in [9.17, 15) is 0 Å². The van der Waals surface area contributed by atoms with E-state index in [4.69, 9.17) is 5.10 Å².